The largest absolute Gasteiger partial charge is 0.293 e. The van der Waals surface area contributed by atoms with Crippen molar-refractivity contribution in [2.24, 2.45) is 7.05 Å². The van der Waals surface area contributed by atoms with E-state index in [1.807, 2.05) is 52.0 Å². The predicted molar refractivity (Wildman–Crippen MR) is 105 cm³/mol. The SMILES string of the molecule is Cc1ccc(C(=O)[C@@H](C)Sc2nc3sc(C)c(C)c3c(=O)n2C)cc1. The Morgan fingerprint density at radius 2 is 1.84 bits per heavy atom. The van der Waals surface area contributed by atoms with Crippen molar-refractivity contribution < 1.29 is 4.79 Å². The molecule has 0 saturated heterocycles. The van der Waals surface area contributed by atoms with Gasteiger partial charge in [-0.05, 0) is 33.3 Å². The highest BCUT2D eigenvalue weighted by Crippen LogP contribution is 2.30. The lowest BCUT2D eigenvalue weighted by Gasteiger charge is -2.12. The maximum Gasteiger partial charge on any atom is 0.262 e. The van der Waals surface area contributed by atoms with Crippen molar-refractivity contribution in [1.82, 2.24) is 9.55 Å². The van der Waals surface area contributed by atoms with Crippen LogP contribution in [0.4, 0.5) is 0 Å². The van der Waals surface area contributed by atoms with Gasteiger partial charge >= 0.3 is 0 Å². The number of rotatable bonds is 4. The van der Waals surface area contributed by atoms with Crippen LogP contribution in [0.25, 0.3) is 10.2 Å². The molecule has 130 valence electrons. The number of carbonyl (C=O) groups is 1. The highest BCUT2D eigenvalue weighted by Gasteiger charge is 2.21. The molecule has 1 atom stereocenters. The van der Waals surface area contributed by atoms with Crippen LogP contribution in [0.1, 0.15) is 33.3 Å². The Bertz CT molecular complexity index is 1020. The molecule has 0 radical (unpaired) electrons. The van der Waals surface area contributed by atoms with Crippen LogP contribution in [-0.2, 0) is 7.05 Å². The van der Waals surface area contributed by atoms with Gasteiger partial charge in [0, 0.05) is 17.5 Å². The molecule has 3 aromatic rings. The highest BCUT2D eigenvalue weighted by atomic mass is 32.2. The fourth-order valence-electron chi connectivity index (χ4n) is 2.63. The summed E-state index contributed by atoms with van der Waals surface area (Å²) < 4.78 is 1.55. The van der Waals surface area contributed by atoms with Gasteiger partial charge in [-0.1, -0.05) is 41.6 Å². The molecule has 25 heavy (non-hydrogen) atoms. The molecule has 0 N–H and O–H groups in total. The van der Waals surface area contributed by atoms with E-state index in [4.69, 9.17) is 0 Å². The molecule has 0 aliphatic heterocycles. The fourth-order valence-corrected chi connectivity index (χ4v) is 4.65. The molecule has 0 saturated carbocycles. The Labute approximate surface area is 154 Å². The van der Waals surface area contributed by atoms with Crippen LogP contribution in [0.2, 0.25) is 0 Å². The summed E-state index contributed by atoms with van der Waals surface area (Å²) in [5.74, 6) is 0.0397. The van der Waals surface area contributed by atoms with Gasteiger partial charge in [-0.25, -0.2) is 4.98 Å². The van der Waals surface area contributed by atoms with Gasteiger partial charge in [-0.15, -0.1) is 11.3 Å². The average molecular weight is 373 g/mol. The molecule has 2 aromatic heterocycles. The third kappa shape index (κ3) is 3.28. The second kappa shape index (κ2) is 6.77. The number of nitrogens with zero attached hydrogens (tertiary/aromatic N) is 2. The molecule has 6 heteroatoms. The first-order valence-electron chi connectivity index (χ1n) is 8.04. The zero-order valence-electron chi connectivity index (χ0n) is 14.9. The maximum atomic E-state index is 12.7. The Balaban J connectivity index is 1.94. The summed E-state index contributed by atoms with van der Waals surface area (Å²) in [7, 11) is 1.71. The number of thiophene rings is 1. The molecule has 0 fully saturated rings. The Morgan fingerprint density at radius 3 is 2.48 bits per heavy atom. The predicted octanol–water partition coefficient (Wildman–Crippen LogP) is 4.28. The van der Waals surface area contributed by atoms with Gasteiger partial charge in [0.05, 0.1) is 10.6 Å². The number of hydrogen-bond acceptors (Lipinski definition) is 5. The minimum atomic E-state index is -0.319. The van der Waals surface area contributed by atoms with E-state index in [9.17, 15) is 9.59 Å². The molecule has 0 aliphatic carbocycles. The summed E-state index contributed by atoms with van der Waals surface area (Å²) in [5.41, 5.74) is 2.74. The maximum absolute atomic E-state index is 12.7. The molecule has 0 spiro atoms. The van der Waals surface area contributed by atoms with E-state index in [0.29, 0.717) is 16.1 Å². The van der Waals surface area contributed by atoms with Gasteiger partial charge in [0.15, 0.2) is 10.9 Å². The first-order chi connectivity index (χ1) is 11.8. The second-order valence-corrected chi connectivity index (χ2v) is 8.72. The summed E-state index contributed by atoms with van der Waals surface area (Å²) in [6.45, 7) is 7.80. The van der Waals surface area contributed by atoms with Crippen molar-refractivity contribution in [2.45, 2.75) is 38.1 Å². The van der Waals surface area contributed by atoms with Crippen molar-refractivity contribution in [3.05, 3.63) is 56.2 Å². The normalized spacial score (nSPS) is 12.5. The monoisotopic (exact) mass is 372 g/mol. The van der Waals surface area contributed by atoms with E-state index in [0.717, 1.165) is 20.8 Å². The van der Waals surface area contributed by atoms with Gasteiger partial charge in [0.1, 0.15) is 4.83 Å². The molecule has 0 bridgehead atoms. The molecule has 0 unspecified atom stereocenters. The number of fused-ring (bicyclic) bond motifs is 1. The number of aromatic nitrogens is 2. The van der Waals surface area contributed by atoms with Crippen molar-refractivity contribution in [1.29, 1.82) is 0 Å². The van der Waals surface area contributed by atoms with E-state index in [2.05, 4.69) is 4.98 Å². The second-order valence-electron chi connectivity index (χ2n) is 6.21. The van der Waals surface area contributed by atoms with Gasteiger partial charge in [0.25, 0.3) is 5.56 Å². The zero-order chi connectivity index (χ0) is 18.3. The van der Waals surface area contributed by atoms with Gasteiger partial charge in [0.2, 0.25) is 0 Å². The summed E-state index contributed by atoms with van der Waals surface area (Å²) in [6.07, 6.45) is 0. The summed E-state index contributed by atoms with van der Waals surface area (Å²) in [4.78, 5) is 31.8. The first-order valence-corrected chi connectivity index (χ1v) is 9.73. The lowest BCUT2D eigenvalue weighted by atomic mass is 10.1. The van der Waals surface area contributed by atoms with Crippen LogP contribution in [0.15, 0.2) is 34.2 Å². The van der Waals surface area contributed by atoms with Crippen molar-refractivity contribution in [2.75, 3.05) is 0 Å². The van der Waals surface area contributed by atoms with Crippen LogP contribution in [-0.4, -0.2) is 20.6 Å². The Kier molecular flexibility index (Phi) is 4.84. The molecule has 0 amide bonds. The number of Topliss-reactive ketones (excluding diaryl/α,β-unsaturated/α-hetero) is 1. The molecule has 1 aromatic carbocycles. The molecule has 2 heterocycles. The topological polar surface area (TPSA) is 52.0 Å². The van der Waals surface area contributed by atoms with E-state index in [-0.39, 0.29) is 16.6 Å². The quantitative estimate of drug-likeness (QED) is 0.390. The van der Waals surface area contributed by atoms with Gasteiger partial charge < -0.3 is 0 Å². The van der Waals surface area contributed by atoms with E-state index in [1.165, 1.54) is 23.1 Å². The summed E-state index contributed by atoms with van der Waals surface area (Å²) in [5, 5.41) is 0.944. The highest BCUT2D eigenvalue weighted by molar-refractivity contribution is 8.00. The number of aryl methyl sites for hydroxylation is 3. The molecule has 4 nitrogen and oxygen atoms in total. The molecule has 0 aliphatic rings. The van der Waals surface area contributed by atoms with Crippen molar-refractivity contribution in [3.63, 3.8) is 0 Å². The third-order valence-electron chi connectivity index (χ3n) is 4.36. The number of benzene rings is 1. The Hall–Kier alpha value is -1.92. The van der Waals surface area contributed by atoms with Gasteiger partial charge in [-0.3, -0.25) is 14.2 Å². The zero-order valence-corrected chi connectivity index (χ0v) is 16.5. The minimum absolute atomic E-state index is 0.0397. The smallest absolute Gasteiger partial charge is 0.262 e. The number of hydrogen-bond donors (Lipinski definition) is 0. The fraction of sp³-hybridized carbons (Fsp3) is 0.316. The molecular weight excluding hydrogens is 352 g/mol. The standard InChI is InChI=1S/C19H20N2O2S2/c1-10-6-8-14(9-7-10)16(22)13(4)25-19-20-17-15(18(23)21(19)5)11(2)12(3)24-17/h6-9,13H,1-5H3/t13-/m1/s1. The Morgan fingerprint density at radius 1 is 1.20 bits per heavy atom. The summed E-state index contributed by atoms with van der Waals surface area (Å²) in [6, 6.07) is 7.55. The summed E-state index contributed by atoms with van der Waals surface area (Å²) >= 11 is 2.86. The average Bonchev–Trinajstić information content (AvgIpc) is 2.86. The number of ketones is 1. The van der Waals surface area contributed by atoms with Crippen LogP contribution < -0.4 is 5.56 Å². The van der Waals surface area contributed by atoms with Crippen molar-refractivity contribution in [3.8, 4) is 0 Å². The molecular formula is C19H20N2O2S2. The lowest BCUT2D eigenvalue weighted by Crippen LogP contribution is -2.22. The number of carbonyl (C=O) groups excluding carboxylic acids is 1. The van der Waals surface area contributed by atoms with Crippen LogP contribution in [0.5, 0.6) is 0 Å². The minimum Gasteiger partial charge on any atom is -0.293 e. The first kappa shape index (κ1) is 17.9. The van der Waals surface area contributed by atoms with E-state index in [1.54, 1.807) is 11.6 Å². The molecule has 3 rings (SSSR count). The van der Waals surface area contributed by atoms with E-state index >= 15 is 0 Å². The van der Waals surface area contributed by atoms with Gasteiger partial charge in [-0.2, -0.15) is 0 Å². The van der Waals surface area contributed by atoms with E-state index < -0.39 is 0 Å². The third-order valence-corrected chi connectivity index (χ3v) is 6.60. The number of thioether (sulfide) groups is 1. The van der Waals surface area contributed by atoms with Crippen LogP contribution in [0.3, 0.4) is 0 Å². The van der Waals surface area contributed by atoms with Crippen molar-refractivity contribution >= 4 is 39.1 Å². The van der Waals surface area contributed by atoms with Crippen LogP contribution in [0, 0.1) is 20.8 Å². The van der Waals surface area contributed by atoms with Crippen LogP contribution >= 0.6 is 23.1 Å². The lowest BCUT2D eigenvalue weighted by molar-refractivity contribution is 0.0994.